The second-order valence-electron chi connectivity index (χ2n) is 8.55. The number of aliphatic hydroxyl groups excluding tert-OH is 1. The minimum atomic E-state index is -0.427. The van der Waals surface area contributed by atoms with Crippen molar-refractivity contribution < 1.29 is 14.3 Å². The first-order valence-electron chi connectivity index (χ1n) is 11.3. The van der Waals surface area contributed by atoms with Gasteiger partial charge < -0.3 is 10.4 Å². The molecule has 1 saturated carbocycles. The van der Waals surface area contributed by atoms with Gasteiger partial charge in [0.2, 0.25) is 5.95 Å². The van der Waals surface area contributed by atoms with E-state index in [0.29, 0.717) is 43.3 Å². The Morgan fingerprint density at radius 3 is 2.55 bits per heavy atom. The van der Waals surface area contributed by atoms with Crippen molar-refractivity contribution in [1.29, 1.82) is 0 Å². The van der Waals surface area contributed by atoms with Crippen LogP contribution in [0.1, 0.15) is 37.3 Å². The van der Waals surface area contributed by atoms with E-state index in [-0.39, 0.29) is 17.9 Å². The number of hydrogen-bond acceptors (Lipinski definition) is 5. The van der Waals surface area contributed by atoms with Crippen LogP contribution in [0.15, 0.2) is 54.7 Å². The number of hydrogen-bond donors (Lipinski definition) is 2. The van der Waals surface area contributed by atoms with E-state index < -0.39 is 6.10 Å². The minimum absolute atomic E-state index is 0.141. The van der Waals surface area contributed by atoms with Crippen LogP contribution < -0.4 is 15.1 Å². The molecule has 0 unspecified atom stereocenters. The number of nitrogens with one attached hydrogen (secondary N) is 1. The molecule has 33 heavy (non-hydrogen) atoms. The van der Waals surface area contributed by atoms with Crippen LogP contribution in [0.4, 0.5) is 32.3 Å². The third-order valence-corrected chi connectivity index (χ3v) is 6.33. The van der Waals surface area contributed by atoms with E-state index in [1.807, 2.05) is 24.3 Å². The summed E-state index contributed by atoms with van der Waals surface area (Å²) in [6.07, 6.45) is 4.11. The number of aromatic nitrogens is 2. The molecule has 2 aromatic carbocycles. The third-order valence-electron chi connectivity index (χ3n) is 6.33. The molecule has 2 atom stereocenters. The number of carbonyl (C=O) groups excluding carboxylic acids is 1. The molecule has 1 aromatic heterocycles. The largest absolute Gasteiger partial charge is 0.393 e. The fourth-order valence-electron chi connectivity index (χ4n) is 4.51. The van der Waals surface area contributed by atoms with Crippen molar-refractivity contribution >= 4 is 29.2 Å². The Hall–Kier alpha value is -3.52. The first kappa shape index (κ1) is 21.3. The van der Waals surface area contributed by atoms with Crippen LogP contribution in [0.25, 0.3) is 0 Å². The van der Waals surface area contributed by atoms with Gasteiger partial charge in [0.15, 0.2) is 0 Å². The van der Waals surface area contributed by atoms with E-state index in [4.69, 9.17) is 0 Å². The van der Waals surface area contributed by atoms with Crippen molar-refractivity contribution in [3.05, 3.63) is 71.7 Å². The van der Waals surface area contributed by atoms with Gasteiger partial charge in [-0.1, -0.05) is 19.1 Å². The van der Waals surface area contributed by atoms with Gasteiger partial charge in [0.05, 0.1) is 12.6 Å². The first-order chi connectivity index (χ1) is 16.0. The minimum Gasteiger partial charge on any atom is -0.393 e. The number of carbonyl (C=O) groups is 1. The van der Waals surface area contributed by atoms with Gasteiger partial charge in [-0.2, -0.15) is 4.98 Å². The van der Waals surface area contributed by atoms with E-state index in [1.165, 1.54) is 17.7 Å². The molecule has 2 heterocycles. The smallest absolute Gasteiger partial charge is 0.330 e. The zero-order chi connectivity index (χ0) is 22.9. The van der Waals surface area contributed by atoms with Crippen LogP contribution >= 0.6 is 0 Å². The number of fused-ring (bicyclic) bond motifs is 1. The lowest BCUT2D eigenvalue weighted by Gasteiger charge is -2.39. The van der Waals surface area contributed by atoms with Crippen LogP contribution in [0.5, 0.6) is 0 Å². The van der Waals surface area contributed by atoms with Gasteiger partial charge in [-0.25, -0.2) is 14.2 Å². The number of anilines is 4. The van der Waals surface area contributed by atoms with Crippen LogP contribution in [-0.2, 0) is 13.0 Å². The summed E-state index contributed by atoms with van der Waals surface area (Å²) in [5.41, 5.74) is 3.51. The molecule has 7 nitrogen and oxygen atoms in total. The quantitative estimate of drug-likeness (QED) is 0.588. The Morgan fingerprint density at radius 2 is 1.88 bits per heavy atom. The highest BCUT2D eigenvalue weighted by molar-refractivity contribution is 6.06. The molecule has 2 amide bonds. The van der Waals surface area contributed by atoms with Crippen molar-refractivity contribution in [1.82, 2.24) is 9.97 Å². The summed E-state index contributed by atoms with van der Waals surface area (Å²) in [4.78, 5) is 26.2. The number of rotatable bonds is 5. The fraction of sp³-hybridized carbons (Fsp3) is 0.320. The van der Waals surface area contributed by atoms with Gasteiger partial charge in [0, 0.05) is 29.2 Å². The molecule has 0 radical (unpaired) electrons. The monoisotopic (exact) mass is 447 g/mol. The molecule has 5 rings (SSSR count). The maximum absolute atomic E-state index is 13.7. The lowest BCUT2D eigenvalue weighted by Crippen LogP contribution is -2.52. The summed E-state index contributed by atoms with van der Waals surface area (Å²) in [5, 5.41) is 13.2. The Kier molecular flexibility index (Phi) is 5.68. The molecular weight excluding hydrogens is 421 g/mol. The number of benzene rings is 2. The summed E-state index contributed by atoms with van der Waals surface area (Å²) >= 11 is 0. The van der Waals surface area contributed by atoms with E-state index in [0.717, 1.165) is 17.7 Å². The Balaban J connectivity index is 1.50. The number of amides is 2. The highest BCUT2D eigenvalue weighted by Crippen LogP contribution is 2.36. The van der Waals surface area contributed by atoms with Crippen LogP contribution in [0.2, 0.25) is 0 Å². The standard InChI is InChI=1S/C25H26FN5O2/c1-2-16-3-9-20(10-4-16)30-15-17-14-27-24(28-19-7-5-18(26)6-8-19)29-23(17)31(25(30)33)21-11-12-22(32)13-21/h3-10,14,21-22,32H,2,11-13,15H2,1H3,(H,27,28,29)/t21-,22-/m1/s1. The average Bonchev–Trinajstić information content (AvgIpc) is 3.26. The number of aryl methyl sites for hydroxylation is 1. The zero-order valence-electron chi connectivity index (χ0n) is 18.4. The third kappa shape index (κ3) is 4.26. The molecule has 0 spiro atoms. The van der Waals surface area contributed by atoms with Crippen molar-refractivity contribution in [3.63, 3.8) is 0 Å². The lowest BCUT2D eigenvalue weighted by molar-refractivity contribution is 0.181. The summed E-state index contributed by atoms with van der Waals surface area (Å²) in [6, 6.07) is 13.6. The molecule has 1 fully saturated rings. The molecule has 8 heteroatoms. The van der Waals surface area contributed by atoms with Crippen molar-refractivity contribution in [3.8, 4) is 0 Å². The molecule has 2 aliphatic rings. The van der Waals surface area contributed by atoms with Gasteiger partial charge in [0.1, 0.15) is 11.6 Å². The van der Waals surface area contributed by atoms with Crippen molar-refractivity contribution in [2.24, 2.45) is 0 Å². The lowest BCUT2D eigenvalue weighted by atomic mass is 10.1. The van der Waals surface area contributed by atoms with E-state index >= 15 is 0 Å². The van der Waals surface area contributed by atoms with Gasteiger partial charge in [-0.15, -0.1) is 0 Å². The van der Waals surface area contributed by atoms with Crippen LogP contribution in [0.3, 0.4) is 0 Å². The molecule has 2 N–H and O–H groups in total. The van der Waals surface area contributed by atoms with Crippen molar-refractivity contribution in [2.45, 2.75) is 51.3 Å². The van der Waals surface area contributed by atoms with Gasteiger partial charge in [-0.3, -0.25) is 9.80 Å². The second kappa shape index (κ2) is 8.78. The Morgan fingerprint density at radius 1 is 1.12 bits per heavy atom. The molecular formula is C25H26FN5O2. The molecule has 170 valence electrons. The first-order valence-corrected chi connectivity index (χ1v) is 11.3. The van der Waals surface area contributed by atoms with E-state index in [1.54, 1.807) is 28.1 Å². The SMILES string of the molecule is CCc1ccc(N2Cc3cnc(Nc4ccc(F)cc4)nc3N([C@@H]3CC[C@@H](O)C3)C2=O)cc1. The summed E-state index contributed by atoms with van der Waals surface area (Å²) in [6.45, 7) is 2.46. The van der Waals surface area contributed by atoms with Gasteiger partial charge in [0.25, 0.3) is 0 Å². The Labute approximate surface area is 191 Å². The van der Waals surface area contributed by atoms with Crippen LogP contribution in [0, 0.1) is 5.82 Å². The number of aliphatic hydroxyl groups is 1. The van der Waals surface area contributed by atoms with Gasteiger partial charge >= 0.3 is 6.03 Å². The highest BCUT2D eigenvalue weighted by atomic mass is 19.1. The van der Waals surface area contributed by atoms with E-state index in [2.05, 4.69) is 22.2 Å². The maximum atomic E-state index is 13.7. The predicted molar refractivity (Wildman–Crippen MR) is 125 cm³/mol. The predicted octanol–water partition coefficient (Wildman–Crippen LogP) is 4.78. The fourth-order valence-corrected chi connectivity index (χ4v) is 4.51. The normalized spacial score (nSPS) is 20.2. The second-order valence-corrected chi connectivity index (χ2v) is 8.55. The average molecular weight is 448 g/mol. The summed E-state index contributed by atoms with van der Waals surface area (Å²) in [7, 11) is 0. The zero-order valence-corrected chi connectivity index (χ0v) is 18.4. The number of urea groups is 1. The number of nitrogens with zero attached hydrogens (tertiary/aromatic N) is 4. The molecule has 0 saturated heterocycles. The highest BCUT2D eigenvalue weighted by Gasteiger charge is 2.40. The Bertz CT molecular complexity index is 1150. The summed E-state index contributed by atoms with van der Waals surface area (Å²) < 4.78 is 13.2. The molecule has 1 aliphatic heterocycles. The molecule has 1 aliphatic carbocycles. The maximum Gasteiger partial charge on any atom is 0.330 e. The number of halogens is 1. The molecule has 0 bridgehead atoms. The topological polar surface area (TPSA) is 81.6 Å². The summed E-state index contributed by atoms with van der Waals surface area (Å²) in [5.74, 6) is 0.563. The molecule has 3 aromatic rings. The van der Waals surface area contributed by atoms with Gasteiger partial charge in [-0.05, 0) is 67.6 Å². The van der Waals surface area contributed by atoms with Crippen LogP contribution in [-0.4, -0.2) is 33.3 Å². The van der Waals surface area contributed by atoms with Crippen molar-refractivity contribution in [2.75, 3.05) is 15.1 Å². The van der Waals surface area contributed by atoms with E-state index in [9.17, 15) is 14.3 Å².